The zero-order chi connectivity index (χ0) is 10.9. The highest BCUT2D eigenvalue weighted by Crippen LogP contribution is 2.39. The third kappa shape index (κ3) is 2.32. The van der Waals surface area contributed by atoms with Gasteiger partial charge in [-0.15, -0.1) is 0 Å². The van der Waals surface area contributed by atoms with Crippen molar-refractivity contribution in [3.63, 3.8) is 0 Å². The molecule has 4 nitrogen and oxygen atoms in total. The van der Waals surface area contributed by atoms with E-state index in [9.17, 15) is 4.79 Å². The zero-order valence-electron chi connectivity index (χ0n) is 9.29. The van der Waals surface area contributed by atoms with E-state index in [4.69, 9.17) is 10.5 Å². The van der Waals surface area contributed by atoms with Crippen molar-refractivity contribution in [1.29, 1.82) is 0 Å². The molecule has 1 saturated heterocycles. The predicted octanol–water partition coefficient (Wildman–Crippen LogP) is 0.409. The molecule has 1 aliphatic carbocycles. The first-order valence-electron chi connectivity index (χ1n) is 5.79. The van der Waals surface area contributed by atoms with Crippen LogP contribution >= 0.6 is 0 Å². The van der Waals surface area contributed by atoms with E-state index >= 15 is 0 Å². The Morgan fingerprint density at radius 3 is 2.73 bits per heavy atom. The van der Waals surface area contributed by atoms with Crippen molar-refractivity contribution in [2.75, 3.05) is 13.2 Å². The second kappa shape index (κ2) is 4.10. The van der Waals surface area contributed by atoms with Crippen LogP contribution in [0.2, 0.25) is 0 Å². The molecule has 0 radical (unpaired) electrons. The molecule has 0 aromatic carbocycles. The minimum Gasteiger partial charge on any atom is -0.377 e. The molecule has 15 heavy (non-hydrogen) atoms. The molecule has 1 heterocycles. The number of hydrogen-bond acceptors (Lipinski definition) is 3. The van der Waals surface area contributed by atoms with Crippen LogP contribution in [0, 0.1) is 5.92 Å². The van der Waals surface area contributed by atoms with E-state index in [-0.39, 0.29) is 12.0 Å². The summed E-state index contributed by atoms with van der Waals surface area (Å²) in [6.07, 6.45) is 4.70. The fourth-order valence-electron chi connectivity index (χ4n) is 2.22. The third-order valence-corrected chi connectivity index (χ3v) is 3.63. The molecular weight excluding hydrogens is 192 g/mol. The van der Waals surface area contributed by atoms with E-state index in [1.807, 2.05) is 6.92 Å². The van der Waals surface area contributed by atoms with Crippen LogP contribution in [0.5, 0.6) is 0 Å². The Kier molecular flexibility index (Phi) is 2.98. The predicted molar refractivity (Wildman–Crippen MR) is 57.3 cm³/mol. The average Bonchev–Trinajstić information content (AvgIpc) is 2.93. The van der Waals surface area contributed by atoms with Crippen LogP contribution in [0.4, 0.5) is 0 Å². The second-order valence-corrected chi connectivity index (χ2v) is 4.86. The molecule has 2 rings (SSSR count). The molecule has 1 saturated carbocycles. The van der Waals surface area contributed by atoms with Crippen LogP contribution in [0.3, 0.4) is 0 Å². The Hall–Kier alpha value is -0.610. The van der Waals surface area contributed by atoms with Gasteiger partial charge in [-0.05, 0) is 38.5 Å². The van der Waals surface area contributed by atoms with Crippen LogP contribution in [-0.2, 0) is 9.53 Å². The van der Waals surface area contributed by atoms with E-state index in [2.05, 4.69) is 5.32 Å². The molecule has 0 aromatic heterocycles. The number of amides is 1. The maximum Gasteiger partial charge on any atom is 0.237 e. The quantitative estimate of drug-likeness (QED) is 0.693. The number of primary amides is 1. The SMILES string of the molecule is CC(NCC1CCCO1)(C(N)=O)C1CC1. The van der Waals surface area contributed by atoms with Crippen LogP contribution in [-0.4, -0.2) is 30.7 Å². The monoisotopic (exact) mass is 212 g/mol. The fourth-order valence-corrected chi connectivity index (χ4v) is 2.22. The highest BCUT2D eigenvalue weighted by atomic mass is 16.5. The Balaban J connectivity index is 1.86. The molecule has 0 spiro atoms. The summed E-state index contributed by atoms with van der Waals surface area (Å²) < 4.78 is 5.51. The molecule has 0 aromatic rings. The summed E-state index contributed by atoms with van der Waals surface area (Å²) in [5.41, 5.74) is 4.93. The van der Waals surface area contributed by atoms with Crippen molar-refractivity contribution in [2.24, 2.45) is 11.7 Å². The van der Waals surface area contributed by atoms with E-state index in [0.717, 1.165) is 38.8 Å². The van der Waals surface area contributed by atoms with Gasteiger partial charge in [0.25, 0.3) is 0 Å². The minimum atomic E-state index is -0.522. The smallest absolute Gasteiger partial charge is 0.237 e. The Morgan fingerprint density at radius 2 is 2.27 bits per heavy atom. The molecule has 2 aliphatic rings. The van der Waals surface area contributed by atoms with Crippen molar-refractivity contribution in [3.8, 4) is 0 Å². The summed E-state index contributed by atoms with van der Waals surface area (Å²) in [5.74, 6) is 0.194. The van der Waals surface area contributed by atoms with Crippen molar-refractivity contribution < 1.29 is 9.53 Å². The largest absolute Gasteiger partial charge is 0.377 e. The van der Waals surface area contributed by atoms with Crippen LogP contribution in [0.25, 0.3) is 0 Å². The van der Waals surface area contributed by atoms with E-state index in [1.54, 1.807) is 0 Å². The lowest BCUT2D eigenvalue weighted by molar-refractivity contribution is -0.124. The summed E-state index contributed by atoms with van der Waals surface area (Å²) in [6, 6.07) is 0. The maximum absolute atomic E-state index is 11.4. The standard InChI is InChI=1S/C11H20N2O2/c1-11(10(12)14,8-4-5-8)13-7-9-3-2-6-15-9/h8-9,13H,2-7H2,1H3,(H2,12,14). The summed E-state index contributed by atoms with van der Waals surface area (Å²) >= 11 is 0. The van der Waals surface area contributed by atoms with Crippen molar-refractivity contribution >= 4 is 5.91 Å². The lowest BCUT2D eigenvalue weighted by Gasteiger charge is -2.28. The van der Waals surface area contributed by atoms with Gasteiger partial charge in [0.05, 0.1) is 11.6 Å². The number of hydrogen-bond donors (Lipinski definition) is 2. The number of nitrogens with one attached hydrogen (secondary N) is 1. The topological polar surface area (TPSA) is 64.3 Å². The van der Waals surface area contributed by atoms with Crippen molar-refractivity contribution in [2.45, 2.75) is 44.2 Å². The summed E-state index contributed by atoms with van der Waals surface area (Å²) in [6.45, 7) is 3.51. The normalized spacial score (nSPS) is 30.1. The van der Waals surface area contributed by atoms with E-state index in [0.29, 0.717) is 5.92 Å². The lowest BCUT2D eigenvalue weighted by atomic mass is 9.94. The molecule has 1 aliphatic heterocycles. The molecule has 0 bridgehead atoms. The van der Waals surface area contributed by atoms with E-state index < -0.39 is 5.54 Å². The Morgan fingerprint density at radius 1 is 1.53 bits per heavy atom. The molecule has 2 atom stereocenters. The van der Waals surface area contributed by atoms with Crippen molar-refractivity contribution in [1.82, 2.24) is 5.32 Å². The van der Waals surface area contributed by atoms with Gasteiger partial charge in [0, 0.05) is 13.2 Å². The second-order valence-electron chi connectivity index (χ2n) is 4.86. The van der Waals surface area contributed by atoms with Gasteiger partial charge in [0.2, 0.25) is 5.91 Å². The number of carbonyl (C=O) groups excluding carboxylic acids is 1. The Bertz CT molecular complexity index is 247. The molecule has 2 unspecified atom stereocenters. The molecule has 3 N–H and O–H groups in total. The summed E-state index contributed by atoms with van der Waals surface area (Å²) in [7, 11) is 0. The summed E-state index contributed by atoms with van der Waals surface area (Å²) in [5, 5.41) is 3.30. The van der Waals surface area contributed by atoms with Gasteiger partial charge < -0.3 is 15.8 Å². The van der Waals surface area contributed by atoms with Gasteiger partial charge in [0.15, 0.2) is 0 Å². The first kappa shape index (κ1) is 10.9. The van der Waals surface area contributed by atoms with Gasteiger partial charge >= 0.3 is 0 Å². The Labute approximate surface area is 90.5 Å². The molecule has 86 valence electrons. The van der Waals surface area contributed by atoms with Gasteiger partial charge in [-0.3, -0.25) is 4.79 Å². The lowest BCUT2D eigenvalue weighted by Crippen LogP contribution is -2.56. The first-order valence-corrected chi connectivity index (χ1v) is 5.79. The highest BCUT2D eigenvalue weighted by Gasteiger charge is 2.46. The van der Waals surface area contributed by atoms with Crippen LogP contribution in [0.15, 0.2) is 0 Å². The minimum absolute atomic E-state index is 0.233. The third-order valence-electron chi connectivity index (χ3n) is 3.63. The highest BCUT2D eigenvalue weighted by molar-refractivity contribution is 5.85. The zero-order valence-corrected chi connectivity index (χ0v) is 9.29. The first-order chi connectivity index (χ1) is 7.13. The number of nitrogens with two attached hydrogens (primary N) is 1. The number of ether oxygens (including phenoxy) is 1. The van der Waals surface area contributed by atoms with E-state index in [1.165, 1.54) is 0 Å². The molecule has 1 amide bonds. The van der Waals surface area contributed by atoms with Gasteiger partial charge in [-0.1, -0.05) is 0 Å². The number of rotatable bonds is 5. The average molecular weight is 212 g/mol. The number of carbonyl (C=O) groups is 1. The van der Waals surface area contributed by atoms with Crippen LogP contribution < -0.4 is 11.1 Å². The fraction of sp³-hybridized carbons (Fsp3) is 0.909. The van der Waals surface area contributed by atoms with Gasteiger partial charge in [-0.25, -0.2) is 0 Å². The van der Waals surface area contributed by atoms with Crippen LogP contribution in [0.1, 0.15) is 32.6 Å². The summed E-state index contributed by atoms with van der Waals surface area (Å²) in [4.78, 5) is 11.4. The van der Waals surface area contributed by atoms with Crippen molar-refractivity contribution in [3.05, 3.63) is 0 Å². The maximum atomic E-state index is 11.4. The molecular formula is C11H20N2O2. The molecule has 4 heteroatoms. The van der Waals surface area contributed by atoms with Gasteiger partial charge in [0.1, 0.15) is 0 Å². The van der Waals surface area contributed by atoms with Gasteiger partial charge in [-0.2, -0.15) is 0 Å². The molecule has 2 fully saturated rings.